The van der Waals surface area contributed by atoms with Gasteiger partial charge in [-0.2, -0.15) is 12.7 Å². The van der Waals surface area contributed by atoms with Crippen LogP contribution in [0.3, 0.4) is 0 Å². The molecule has 112 valence electrons. The van der Waals surface area contributed by atoms with E-state index < -0.39 is 10.2 Å². The van der Waals surface area contributed by atoms with Gasteiger partial charge in [0.2, 0.25) is 0 Å². The fourth-order valence-electron chi connectivity index (χ4n) is 2.43. The summed E-state index contributed by atoms with van der Waals surface area (Å²) >= 11 is 0. The lowest BCUT2D eigenvalue weighted by atomic mass is 10.0. The van der Waals surface area contributed by atoms with Gasteiger partial charge >= 0.3 is 0 Å². The van der Waals surface area contributed by atoms with Gasteiger partial charge in [0, 0.05) is 19.6 Å². The van der Waals surface area contributed by atoms with Gasteiger partial charge in [-0.15, -0.1) is 0 Å². The number of benzene rings is 1. The molecule has 1 aromatic carbocycles. The minimum atomic E-state index is -3.39. The van der Waals surface area contributed by atoms with Crippen LogP contribution in [0.2, 0.25) is 0 Å². The van der Waals surface area contributed by atoms with Crippen LogP contribution < -0.4 is 4.72 Å². The van der Waals surface area contributed by atoms with E-state index in [1.54, 1.807) is 12.1 Å². The van der Waals surface area contributed by atoms with Crippen molar-refractivity contribution in [3.8, 4) is 0 Å². The molecule has 1 N–H and O–H groups in total. The van der Waals surface area contributed by atoms with Crippen LogP contribution in [0.25, 0.3) is 0 Å². The number of nitrogens with zero attached hydrogens (tertiary/aromatic N) is 1. The molecule has 1 atom stereocenters. The Kier molecular flexibility index (Phi) is 5.12. The molecule has 4 nitrogen and oxygen atoms in total. The van der Waals surface area contributed by atoms with Crippen molar-refractivity contribution in [3.05, 3.63) is 35.6 Å². The Hall–Kier alpha value is -0.980. The molecule has 0 amide bonds. The summed E-state index contributed by atoms with van der Waals surface area (Å²) in [7, 11) is -3.39. The summed E-state index contributed by atoms with van der Waals surface area (Å²) in [6.07, 6.45) is 2.56. The van der Waals surface area contributed by atoms with Crippen LogP contribution in [-0.4, -0.2) is 32.4 Å². The van der Waals surface area contributed by atoms with E-state index in [9.17, 15) is 12.8 Å². The molecule has 1 heterocycles. The summed E-state index contributed by atoms with van der Waals surface area (Å²) in [4.78, 5) is 0. The highest BCUT2D eigenvalue weighted by molar-refractivity contribution is 7.87. The lowest BCUT2D eigenvalue weighted by molar-refractivity contribution is 0.278. The molecule has 1 aromatic rings. The minimum Gasteiger partial charge on any atom is -0.207 e. The Balaban J connectivity index is 1.84. The molecule has 0 aliphatic carbocycles. The predicted molar refractivity (Wildman–Crippen MR) is 77.0 cm³/mol. The lowest BCUT2D eigenvalue weighted by Crippen LogP contribution is -2.46. The molecule has 0 radical (unpaired) electrons. The Labute approximate surface area is 120 Å². The highest BCUT2D eigenvalue weighted by atomic mass is 32.2. The van der Waals surface area contributed by atoms with Crippen molar-refractivity contribution in [2.45, 2.75) is 26.2 Å². The molecule has 0 spiro atoms. The maximum absolute atomic E-state index is 12.8. The van der Waals surface area contributed by atoms with E-state index in [0.29, 0.717) is 32.0 Å². The maximum atomic E-state index is 12.8. The molecule has 0 bridgehead atoms. The third-order valence-electron chi connectivity index (χ3n) is 3.57. The second-order valence-corrected chi connectivity index (χ2v) is 7.14. The Morgan fingerprint density at radius 1 is 1.35 bits per heavy atom. The standard InChI is InChI=1S/C14H21FN2O2S/c1-12-3-2-10-17(11-12)20(18,19)16-9-8-13-4-6-14(15)7-5-13/h4-7,12,16H,2-3,8-11H2,1H3/t12-/m0/s1. The number of nitrogens with one attached hydrogen (secondary N) is 1. The van der Waals surface area contributed by atoms with Crippen molar-refractivity contribution in [2.24, 2.45) is 5.92 Å². The molecule has 20 heavy (non-hydrogen) atoms. The lowest BCUT2D eigenvalue weighted by Gasteiger charge is -2.29. The van der Waals surface area contributed by atoms with Crippen LogP contribution in [-0.2, 0) is 16.6 Å². The Morgan fingerprint density at radius 3 is 2.70 bits per heavy atom. The smallest absolute Gasteiger partial charge is 0.207 e. The van der Waals surface area contributed by atoms with Gasteiger partial charge in [0.25, 0.3) is 10.2 Å². The number of halogens is 1. The topological polar surface area (TPSA) is 49.4 Å². The molecule has 1 aliphatic rings. The monoisotopic (exact) mass is 300 g/mol. The Morgan fingerprint density at radius 2 is 2.05 bits per heavy atom. The highest BCUT2D eigenvalue weighted by Gasteiger charge is 2.26. The van der Waals surface area contributed by atoms with Crippen molar-refractivity contribution in [1.29, 1.82) is 0 Å². The van der Waals surface area contributed by atoms with Crippen molar-refractivity contribution in [3.63, 3.8) is 0 Å². The van der Waals surface area contributed by atoms with Crippen LogP contribution >= 0.6 is 0 Å². The van der Waals surface area contributed by atoms with E-state index in [0.717, 1.165) is 18.4 Å². The average Bonchev–Trinajstić information content (AvgIpc) is 2.41. The summed E-state index contributed by atoms with van der Waals surface area (Å²) in [5.74, 6) is 0.133. The van der Waals surface area contributed by atoms with Gasteiger partial charge in [-0.05, 0) is 42.9 Å². The first-order valence-electron chi connectivity index (χ1n) is 6.96. The number of hydrogen-bond donors (Lipinski definition) is 1. The van der Waals surface area contributed by atoms with Gasteiger partial charge in [-0.3, -0.25) is 0 Å². The molecule has 1 fully saturated rings. The van der Waals surface area contributed by atoms with Crippen LogP contribution in [0, 0.1) is 11.7 Å². The minimum absolute atomic E-state index is 0.281. The molecule has 1 aliphatic heterocycles. The van der Waals surface area contributed by atoms with Crippen LogP contribution in [0.1, 0.15) is 25.3 Å². The van der Waals surface area contributed by atoms with E-state index in [4.69, 9.17) is 0 Å². The van der Waals surface area contributed by atoms with Crippen molar-refractivity contribution < 1.29 is 12.8 Å². The van der Waals surface area contributed by atoms with Crippen LogP contribution in [0.4, 0.5) is 4.39 Å². The maximum Gasteiger partial charge on any atom is 0.279 e. The molecule has 1 saturated heterocycles. The predicted octanol–water partition coefficient (Wildman–Crippen LogP) is 1.93. The van der Waals surface area contributed by atoms with Crippen molar-refractivity contribution >= 4 is 10.2 Å². The molecule has 6 heteroatoms. The van der Waals surface area contributed by atoms with E-state index in [1.165, 1.54) is 16.4 Å². The van der Waals surface area contributed by atoms with Crippen molar-refractivity contribution in [1.82, 2.24) is 9.03 Å². The first kappa shape index (κ1) is 15.4. The van der Waals surface area contributed by atoms with E-state index in [1.807, 2.05) is 0 Å². The summed E-state index contributed by atoms with van der Waals surface area (Å²) in [5, 5.41) is 0. The quantitative estimate of drug-likeness (QED) is 0.903. The molecule has 2 rings (SSSR count). The number of piperidine rings is 1. The highest BCUT2D eigenvalue weighted by Crippen LogP contribution is 2.17. The zero-order valence-electron chi connectivity index (χ0n) is 11.7. The van der Waals surface area contributed by atoms with Gasteiger partial charge in [-0.1, -0.05) is 19.1 Å². The van der Waals surface area contributed by atoms with Gasteiger partial charge in [0.1, 0.15) is 5.82 Å². The second kappa shape index (κ2) is 6.65. The van der Waals surface area contributed by atoms with Gasteiger partial charge in [0.05, 0.1) is 0 Å². The van der Waals surface area contributed by atoms with Gasteiger partial charge in [0.15, 0.2) is 0 Å². The summed E-state index contributed by atoms with van der Waals surface area (Å²) in [5.41, 5.74) is 0.918. The normalized spacial score (nSPS) is 21.0. The summed E-state index contributed by atoms with van der Waals surface area (Å²) in [6.45, 7) is 3.58. The molecular weight excluding hydrogens is 279 g/mol. The number of hydrogen-bond acceptors (Lipinski definition) is 2. The zero-order valence-corrected chi connectivity index (χ0v) is 12.5. The number of rotatable bonds is 5. The molecule has 0 aromatic heterocycles. The van der Waals surface area contributed by atoms with E-state index in [2.05, 4.69) is 11.6 Å². The first-order valence-corrected chi connectivity index (χ1v) is 8.40. The Bertz CT molecular complexity index is 531. The third-order valence-corrected chi connectivity index (χ3v) is 5.15. The van der Waals surface area contributed by atoms with Crippen molar-refractivity contribution in [2.75, 3.05) is 19.6 Å². The van der Waals surface area contributed by atoms with Gasteiger partial charge < -0.3 is 0 Å². The third kappa shape index (κ3) is 4.26. The SMILES string of the molecule is C[C@H]1CCCN(S(=O)(=O)NCCc2ccc(F)cc2)C1. The fourth-order valence-corrected chi connectivity index (χ4v) is 3.79. The molecule has 0 unspecified atom stereocenters. The van der Waals surface area contributed by atoms with Crippen LogP contribution in [0.5, 0.6) is 0 Å². The average molecular weight is 300 g/mol. The van der Waals surface area contributed by atoms with Gasteiger partial charge in [-0.25, -0.2) is 9.11 Å². The van der Waals surface area contributed by atoms with E-state index in [-0.39, 0.29) is 5.82 Å². The summed E-state index contributed by atoms with van der Waals surface area (Å²) in [6, 6.07) is 6.12. The molecule has 0 saturated carbocycles. The first-order chi connectivity index (χ1) is 9.47. The molecular formula is C14H21FN2O2S. The largest absolute Gasteiger partial charge is 0.279 e. The summed E-state index contributed by atoms with van der Waals surface area (Å²) < 4.78 is 41.2. The fraction of sp³-hybridized carbons (Fsp3) is 0.571. The van der Waals surface area contributed by atoms with Crippen LogP contribution in [0.15, 0.2) is 24.3 Å². The second-order valence-electron chi connectivity index (χ2n) is 5.38. The van der Waals surface area contributed by atoms with E-state index >= 15 is 0 Å². The zero-order chi connectivity index (χ0) is 14.6.